The second-order valence-electron chi connectivity index (χ2n) is 4.57. The Labute approximate surface area is 99.8 Å². The Morgan fingerprint density at radius 1 is 1.12 bits per heavy atom. The summed E-state index contributed by atoms with van der Waals surface area (Å²) in [5.74, 6) is 0.802. The lowest BCUT2D eigenvalue weighted by Gasteiger charge is -2.10. The predicted molar refractivity (Wildman–Crippen MR) is 69.4 cm³/mol. The lowest BCUT2D eigenvalue weighted by atomic mass is 10.0. The molecule has 0 aliphatic rings. The highest BCUT2D eigenvalue weighted by Gasteiger charge is 2.01. The number of benzene rings is 1. The van der Waals surface area contributed by atoms with Crippen molar-refractivity contribution in [1.29, 1.82) is 0 Å². The summed E-state index contributed by atoms with van der Waals surface area (Å²) < 4.78 is 5.67. The van der Waals surface area contributed by atoms with Crippen LogP contribution in [0.2, 0.25) is 0 Å². The standard InChI is InChI=1S/C15H24O/c1-3-4-8-14(2)11-12-16-13-15-9-6-5-7-10-15/h5-7,9-10,14H,3-4,8,11-13H2,1-2H3/t14-/m0/s1. The van der Waals surface area contributed by atoms with Gasteiger partial charge < -0.3 is 4.74 Å². The third-order valence-corrected chi connectivity index (χ3v) is 2.92. The largest absolute Gasteiger partial charge is 0.377 e. The van der Waals surface area contributed by atoms with Crippen molar-refractivity contribution in [3.8, 4) is 0 Å². The maximum absolute atomic E-state index is 5.67. The Bertz CT molecular complexity index is 255. The number of rotatable bonds is 8. The molecule has 16 heavy (non-hydrogen) atoms. The highest BCUT2D eigenvalue weighted by molar-refractivity contribution is 5.13. The van der Waals surface area contributed by atoms with E-state index < -0.39 is 0 Å². The van der Waals surface area contributed by atoms with Crippen molar-refractivity contribution in [2.75, 3.05) is 6.61 Å². The molecule has 1 rings (SSSR count). The maximum Gasteiger partial charge on any atom is 0.0716 e. The maximum atomic E-state index is 5.67. The van der Waals surface area contributed by atoms with E-state index in [1.807, 2.05) is 6.07 Å². The van der Waals surface area contributed by atoms with Gasteiger partial charge in [0.2, 0.25) is 0 Å². The van der Waals surface area contributed by atoms with Crippen LogP contribution in [-0.4, -0.2) is 6.61 Å². The Morgan fingerprint density at radius 3 is 2.56 bits per heavy atom. The highest BCUT2D eigenvalue weighted by atomic mass is 16.5. The van der Waals surface area contributed by atoms with Gasteiger partial charge in [-0.15, -0.1) is 0 Å². The molecule has 0 saturated carbocycles. The van der Waals surface area contributed by atoms with Gasteiger partial charge >= 0.3 is 0 Å². The molecule has 1 aromatic rings. The summed E-state index contributed by atoms with van der Waals surface area (Å²) in [5, 5.41) is 0. The first kappa shape index (κ1) is 13.2. The van der Waals surface area contributed by atoms with Gasteiger partial charge in [-0.25, -0.2) is 0 Å². The van der Waals surface area contributed by atoms with Crippen LogP contribution in [-0.2, 0) is 11.3 Å². The topological polar surface area (TPSA) is 9.23 Å². The molecule has 0 radical (unpaired) electrons. The van der Waals surface area contributed by atoms with E-state index in [1.165, 1.54) is 31.2 Å². The Morgan fingerprint density at radius 2 is 1.88 bits per heavy atom. The molecule has 0 heterocycles. The quantitative estimate of drug-likeness (QED) is 0.589. The van der Waals surface area contributed by atoms with Gasteiger partial charge in [-0.05, 0) is 17.9 Å². The summed E-state index contributed by atoms with van der Waals surface area (Å²) >= 11 is 0. The molecule has 0 aliphatic carbocycles. The third-order valence-electron chi connectivity index (χ3n) is 2.92. The van der Waals surface area contributed by atoms with E-state index in [9.17, 15) is 0 Å². The highest BCUT2D eigenvalue weighted by Crippen LogP contribution is 2.12. The van der Waals surface area contributed by atoms with E-state index in [1.54, 1.807) is 0 Å². The first-order valence-corrected chi connectivity index (χ1v) is 6.44. The fraction of sp³-hybridized carbons (Fsp3) is 0.600. The molecule has 0 spiro atoms. The van der Waals surface area contributed by atoms with Crippen LogP contribution in [0.4, 0.5) is 0 Å². The second kappa shape index (κ2) is 8.35. The zero-order valence-electron chi connectivity index (χ0n) is 10.6. The van der Waals surface area contributed by atoms with Gasteiger partial charge in [-0.2, -0.15) is 0 Å². The fourth-order valence-electron chi connectivity index (χ4n) is 1.75. The molecule has 0 aliphatic heterocycles. The van der Waals surface area contributed by atoms with Gasteiger partial charge in [0.25, 0.3) is 0 Å². The minimum atomic E-state index is 0.751. The fourth-order valence-corrected chi connectivity index (χ4v) is 1.75. The van der Waals surface area contributed by atoms with Gasteiger partial charge in [0.1, 0.15) is 0 Å². The molecule has 0 bridgehead atoms. The van der Waals surface area contributed by atoms with E-state index >= 15 is 0 Å². The molecule has 0 saturated heterocycles. The summed E-state index contributed by atoms with van der Waals surface area (Å²) in [7, 11) is 0. The summed E-state index contributed by atoms with van der Waals surface area (Å²) in [4.78, 5) is 0. The van der Waals surface area contributed by atoms with Crippen molar-refractivity contribution in [2.45, 2.75) is 46.1 Å². The van der Waals surface area contributed by atoms with Crippen molar-refractivity contribution in [2.24, 2.45) is 5.92 Å². The van der Waals surface area contributed by atoms with E-state index in [4.69, 9.17) is 4.74 Å². The molecule has 1 atom stereocenters. The molecule has 0 N–H and O–H groups in total. The first-order chi connectivity index (χ1) is 7.83. The molecule has 0 fully saturated rings. The smallest absolute Gasteiger partial charge is 0.0716 e. The van der Waals surface area contributed by atoms with Crippen molar-refractivity contribution in [3.05, 3.63) is 35.9 Å². The predicted octanol–water partition coefficient (Wildman–Crippen LogP) is 4.42. The van der Waals surface area contributed by atoms with Gasteiger partial charge in [0.05, 0.1) is 6.61 Å². The summed E-state index contributed by atoms with van der Waals surface area (Å²) in [6.07, 6.45) is 5.17. The number of hydrogen-bond acceptors (Lipinski definition) is 1. The number of ether oxygens (including phenoxy) is 1. The molecule has 0 aromatic heterocycles. The molecular weight excluding hydrogens is 196 g/mol. The minimum absolute atomic E-state index is 0.751. The molecular formula is C15H24O. The molecule has 0 amide bonds. The molecule has 0 unspecified atom stereocenters. The molecule has 1 heteroatoms. The average molecular weight is 220 g/mol. The van der Waals surface area contributed by atoms with Crippen LogP contribution in [0.1, 0.15) is 45.1 Å². The second-order valence-corrected chi connectivity index (χ2v) is 4.57. The minimum Gasteiger partial charge on any atom is -0.377 e. The average Bonchev–Trinajstić information content (AvgIpc) is 2.33. The first-order valence-electron chi connectivity index (χ1n) is 6.44. The van der Waals surface area contributed by atoms with E-state index in [2.05, 4.69) is 38.1 Å². The third kappa shape index (κ3) is 5.92. The van der Waals surface area contributed by atoms with E-state index in [0.717, 1.165) is 19.1 Å². The Hall–Kier alpha value is -0.820. The van der Waals surface area contributed by atoms with E-state index in [0.29, 0.717) is 0 Å². The summed E-state index contributed by atoms with van der Waals surface area (Å²) in [6.45, 7) is 6.21. The van der Waals surface area contributed by atoms with Crippen LogP contribution in [0.25, 0.3) is 0 Å². The molecule has 1 nitrogen and oxygen atoms in total. The lowest BCUT2D eigenvalue weighted by molar-refractivity contribution is 0.108. The normalized spacial score (nSPS) is 12.6. The van der Waals surface area contributed by atoms with Crippen molar-refractivity contribution < 1.29 is 4.74 Å². The van der Waals surface area contributed by atoms with Crippen molar-refractivity contribution in [1.82, 2.24) is 0 Å². The number of hydrogen-bond donors (Lipinski definition) is 0. The van der Waals surface area contributed by atoms with Gasteiger partial charge in [0.15, 0.2) is 0 Å². The lowest BCUT2D eigenvalue weighted by Crippen LogP contribution is -2.02. The van der Waals surface area contributed by atoms with Gasteiger partial charge in [-0.1, -0.05) is 63.4 Å². The molecule has 90 valence electrons. The van der Waals surface area contributed by atoms with Gasteiger partial charge in [0, 0.05) is 6.61 Å². The van der Waals surface area contributed by atoms with Crippen molar-refractivity contribution in [3.63, 3.8) is 0 Å². The SMILES string of the molecule is CCCC[C@H](C)CCOCc1ccccc1. The monoisotopic (exact) mass is 220 g/mol. The number of unbranched alkanes of at least 4 members (excludes halogenated alkanes) is 1. The van der Waals surface area contributed by atoms with Crippen molar-refractivity contribution >= 4 is 0 Å². The van der Waals surface area contributed by atoms with Crippen LogP contribution >= 0.6 is 0 Å². The van der Waals surface area contributed by atoms with E-state index in [-0.39, 0.29) is 0 Å². The Balaban J connectivity index is 2.03. The van der Waals surface area contributed by atoms with Crippen LogP contribution in [0.3, 0.4) is 0 Å². The van der Waals surface area contributed by atoms with Crippen LogP contribution < -0.4 is 0 Å². The van der Waals surface area contributed by atoms with Gasteiger partial charge in [-0.3, -0.25) is 0 Å². The molecule has 1 aromatic carbocycles. The zero-order chi connectivity index (χ0) is 11.6. The Kier molecular flexibility index (Phi) is 6.91. The zero-order valence-corrected chi connectivity index (χ0v) is 10.6. The summed E-state index contributed by atoms with van der Waals surface area (Å²) in [6, 6.07) is 10.4. The van der Waals surface area contributed by atoms with Crippen LogP contribution in [0.5, 0.6) is 0 Å². The summed E-state index contributed by atoms with van der Waals surface area (Å²) in [5.41, 5.74) is 1.27. The van der Waals surface area contributed by atoms with Crippen LogP contribution in [0, 0.1) is 5.92 Å². The van der Waals surface area contributed by atoms with Crippen LogP contribution in [0.15, 0.2) is 30.3 Å².